The highest BCUT2D eigenvalue weighted by atomic mass is 19.4. The molecule has 0 bridgehead atoms. The summed E-state index contributed by atoms with van der Waals surface area (Å²) in [5, 5.41) is 0. The molecule has 1 atom stereocenters. The summed E-state index contributed by atoms with van der Waals surface area (Å²) in [4.78, 5) is 14.9. The van der Waals surface area contributed by atoms with Crippen LogP contribution in [0.3, 0.4) is 0 Å². The molecule has 0 fully saturated rings. The van der Waals surface area contributed by atoms with Gasteiger partial charge in [-0.05, 0) is 42.2 Å². The van der Waals surface area contributed by atoms with Crippen molar-refractivity contribution in [2.45, 2.75) is 25.6 Å². The zero-order chi connectivity index (χ0) is 20.6. The fourth-order valence-electron chi connectivity index (χ4n) is 3.97. The monoisotopic (exact) mass is 395 g/mol. The minimum absolute atomic E-state index is 0.309. The van der Waals surface area contributed by atoms with Gasteiger partial charge in [0.25, 0.3) is 5.91 Å². The lowest BCUT2D eigenvalue weighted by Crippen LogP contribution is -2.41. The van der Waals surface area contributed by atoms with Crippen LogP contribution in [0.1, 0.15) is 44.2 Å². The van der Waals surface area contributed by atoms with E-state index in [4.69, 9.17) is 0 Å². The summed E-state index contributed by atoms with van der Waals surface area (Å²) in [6.45, 7) is 2.33. The van der Waals surface area contributed by atoms with Gasteiger partial charge in [-0.3, -0.25) is 4.79 Å². The van der Waals surface area contributed by atoms with Gasteiger partial charge in [0.15, 0.2) is 0 Å². The quantitative estimate of drug-likeness (QED) is 0.537. The van der Waals surface area contributed by atoms with Gasteiger partial charge in [-0.25, -0.2) is 0 Å². The zero-order valence-corrected chi connectivity index (χ0v) is 15.9. The normalized spacial score (nSPS) is 16.4. The van der Waals surface area contributed by atoms with E-state index in [9.17, 15) is 18.0 Å². The molecule has 3 aromatic rings. The number of carbonyl (C=O) groups excluding carboxylic acids is 1. The Hall–Kier alpha value is -3.08. The Morgan fingerprint density at radius 2 is 1.59 bits per heavy atom. The molecular weight excluding hydrogens is 375 g/mol. The van der Waals surface area contributed by atoms with Crippen LogP contribution in [-0.2, 0) is 12.6 Å². The lowest BCUT2D eigenvalue weighted by Gasteiger charge is -2.38. The molecule has 0 radical (unpaired) electrons. The molecule has 2 nitrogen and oxygen atoms in total. The first kappa shape index (κ1) is 19.2. The standard InChI is InChI=1S/C24H20F3NO/c1-16-10-12-18(13-11-16)22-19-7-3-2-6-17(19)14-15-28(22)23(29)20-8-4-5-9-21(20)24(25,26)27/h2-13,22H,14-15H2,1H3/t22-/m1/s1. The van der Waals surface area contributed by atoms with Gasteiger partial charge in [0.2, 0.25) is 0 Å². The predicted molar refractivity (Wildman–Crippen MR) is 106 cm³/mol. The van der Waals surface area contributed by atoms with Crippen molar-refractivity contribution in [3.8, 4) is 0 Å². The van der Waals surface area contributed by atoms with Gasteiger partial charge >= 0.3 is 6.18 Å². The van der Waals surface area contributed by atoms with E-state index >= 15 is 0 Å². The van der Waals surface area contributed by atoms with Crippen LogP contribution in [0.2, 0.25) is 0 Å². The molecule has 0 N–H and O–H groups in total. The van der Waals surface area contributed by atoms with Crippen LogP contribution in [0.5, 0.6) is 0 Å². The lowest BCUT2D eigenvalue weighted by molar-refractivity contribution is -0.138. The highest BCUT2D eigenvalue weighted by Crippen LogP contribution is 2.38. The number of fused-ring (bicyclic) bond motifs is 1. The first-order chi connectivity index (χ1) is 13.9. The van der Waals surface area contributed by atoms with Crippen molar-refractivity contribution in [2.75, 3.05) is 6.54 Å². The predicted octanol–water partition coefficient (Wildman–Crippen LogP) is 5.80. The molecule has 4 rings (SSSR count). The maximum absolute atomic E-state index is 13.5. The summed E-state index contributed by atoms with van der Waals surface area (Å²) in [6.07, 6.45) is -3.97. The van der Waals surface area contributed by atoms with E-state index in [1.165, 1.54) is 18.2 Å². The summed E-state index contributed by atoms with van der Waals surface area (Å²) in [5.41, 5.74) is 2.84. The minimum atomic E-state index is -4.58. The molecule has 1 amide bonds. The van der Waals surface area contributed by atoms with Crippen molar-refractivity contribution < 1.29 is 18.0 Å². The number of alkyl halides is 3. The van der Waals surface area contributed by atoms with E-state index in [-0.39, 0.29) is 5.56 Å². The topological polar surface area (TPSA) is 20.3 Å². The second-order valence-corrected chi connectivity index (χ2v) is 7.30. The molecule has 1 aliphatic heterocycles. The Morgan fingerprint density at radius 3 is 2.31 bits per heavy atom. The van der Waals surface area contributed by atoms with E-state index in [1.54, 1.807) is 4.90 Å². The SMILES string of the molecule is Cc1ccc([C@@H]2c3ccccc3CCN2C(=O)c2ccccc2C(F)(F)F)cc1. The first-order valence-electron chi connectivity index (χ1n) is 9.48. The summed E-state index contributed by atoms with van der Waals surface area (Å²) < 4.78 is 40.5. The average molecular weight is 395 g/mol. The number of hydrogen-bond donors (Lipinski definition) is 0. The molecule has 0 saturated carbocycles. The molecule has 0 aromatic heterocycles. The number of nitrogens with zero attached hydrogens (tertiary/aromatic N) is 1. The summed E-state index contributed by atoms with van der Waals surface area (Å²) in [6, 6.07) is 20.2. The van der Waals surface area contributed by atoms with Crippen molar-refractivity contribution in [2.24, 2.45) is 0 Å². The van der Waals surface area contributed by atoms with Gasteiger partial charge < -0.3 is 4.90 Å². The van der Waals surface area contributed by atoms with Gasteiger partial charge in [-0.2, -0.15) is 13.2 Å². The van der Waals surface area contributed by atoms with Gasteiger partial charge in [0, 0.05) is 6.54 Å². The average Bonchev–Trinajstić information content (AvgIpc) is 2.72. The van der Waals surface area contributed by atoms with Crippen LogP contribution in [0, 0.1) is 6.92 Å². The van der Waals surface area contributed by atoms with Crippen LogP contribution in [0.25, 0.3) is 0 Å². The Balaban J connectivity index is 1.82. The van der Waals surface area contributed by atoms with Crippen LogP contribution >= 0.6 is 0 Å². The number of rotatable bonds is 2. The van der Waals surface area contributed by atoms with E-state index < -0.39 is 23.7 Å². The summed E-state index contributed by atoms with van der Waals surface area (Å²) in [5.74, 6) is -0.599. The third-order valence-electron chi connectivity index (χ3n) is 5.40. The van der Waals surface area contributed by atoms with Crippen molar-refractivity contribution in [1.82, 2.24) is 4.90 Å². The maximum atomic E-state index is 13.5. The Morgan fingerprint density at radius 1 is 0.931 bits per heavy atom. The van der Waals surface area contributed by atoms with Crippen LogP contribution in [0.15, 0.2) is 72.8 Å². The van der Waals surface area contributed by atoms with Gasteiger partial charge in [-0.1, -0.05) is 66.2 Å². The fourth-order valence-corrected chi connectivity index (χ4v) is 3.97. The molecule has 0 saturated heterocycles. The number of halogens is 3. The smallest absolute Gasteiger partial charge is 0.327 e. The van der Waals surface area contributed by atoms with E-state index in [1.807, 2.05) is 55.5 Å². The summed E-state index contributed by atoms with van der Waals surface area (Å²) >= 11 is 0. The van der Waals surface area contributed by atoms with Crippen molar-refractivity contribution in [1.29, 1.82) is 0 Å². The number of carbonyl (C=O) groups is 1. The summed E-state index contributed by atoms with van der Waals surface area (Å²) in [7, 11) is 0. The Bertz CT molecular complexity index is 1040. The second-order valence-electron chi connectivity index (χ2n) is 7.30. The molecule has 0 spiro atoms. The molecule has 0 aliphatic carbocycles. The molecule has 0 unspecified atom stereocenters. The number of amides is 1. The van der Waals surface area contributed by atoms with E-state index in [2.05, 4.69) is 0 Å². The Kier molecular flexibility index (Phi) is 4.91. The van der Waals surface area contributed by atoms with Crippen molar-refractivity contribution in [3.63, 3.8) is 0 Å². The highest BCUT2D eigenvalue weighted by Gasteiger charge is 2.38. The second kappa shape index (κ2) is 7.39. The molecule has 1 heterocycles. The number of benzene rings is 3. The third kappa shape index (κ3) is 3.65. The van der Waals surface area contributed by atoms with Crippen molar-refractivity contribution in [3.05, 3.63) is 106 Å². The van der Waals surface area contributed by atoms with Crippen molar-refractivity contribution >= 4 is 5.91 Å². The molecule has 29 heavy (non-hydrogen) atoms. The van der Waals surface area contributed by atoms with Gasteiger partial charge in [0.1, 0.15) is 0 Å². The molecule has 3 aromatic carbocycles. The van der Waals surface area contributed by atoms with Crippen LogP contribution < -0.4 is 0 Å². The molecule has 1 aliphatic rings. The first-order valence-corrected chi connectivity index (χ1v) is 9.48. The van der Waals surface area contributed by atoms with Gasteiger partial charge in [0.05, 0.1) is 17.2 Å². The fraction of sp³-hybridized carbons (Fsp3) is 0.208. The largest absolute Gasteiger partial charge is 0.417 e. The molecule has 5 heteroatoms. The third-order valence-corrected chi connectivity index (χ3v) is 5.40. The highest BCUT2D eigenvalue weighted by molar-refractivity contribution is 5.96. The number of aryl methyl sites for hydroxylation is 1. The zero-order valence-electron chi connectivity index (χ0n) is 15.9. The van der Waals surface area contributed by atoms with E-state index in [0.717, 1.165) is 28.3 Å². The van der Waals surface area contributed by atoms with E-state index in [0.29, 0.717) is 13.0 Å². The minimum Gasteiger partial charge on any atom is -0.327 e. The van der Waals surface area contributed by atoms with Gasteiger partial charge in [-0.15, -0.1) is 0 Å². The Labute approximate surface area is 167 Å². The lowest BCUT2D eigenvalue weighted by atomic mass is 9.87. The maximum Gasteiger partial charge on any atom is 0.417 e. The number of hydrogen-bond acceptors (Lipinski definition) is 1. The molecular formula is C24H20F3NO. The van der Waals surface area contributed by atoms with Crippen LogP contribution in [-0.4, -0.2) is 17.4 Å². The van der Waals surface area contributed by atoms with Crippen LogP contribution in [0.4, 0.5) is 13.2 Å². The molecule has 148 valence electrons.